The molecule has 0 radical (unpaired) electrons. The molecule has 1 saturated heterocycles. The number of hydrogen-bond donors (Lipinski definition) is 1. The quantitative estimate of drug-likeness (QED) is 0.426. The highest BCUT2D eigenvalue weighted by molar-refractivity contribution is 6.33. The molecule has 0 aliphatic carbocycles. The third-order valence-corrected chi connectivity index (χ3v) is 7.33. The molecule has 196 valence electrons. The maximum atomic E-state index is 14.2. The lowest BCUT2D eigenvalue weighted by Crippen LogP contribution is -2.34. The summed E-state index contributed by atoms with van der Waals surface area (Å²) in [4.78, 5) is 29.4. The van der Waals surface area contributed by atoms with Crippen LogP contribution in [0.15, 0.2) is 78.5 Å². The van der Waals surface area contributed by atoms with E-state index < -0.39 is 40.9 Å². The first kappa shape index (κ1) is 26.0. The minimum Gasteiger partial charge on any atom is -0.345 e. The Bertz CT molecular complexity index is 1360. The Morgan fingerprint density at radius 1 is 0.895 bits per heavy atom. The van der Waals surface area contributed by atoms with Crippen LogP contribution in [-0.2, 0) is 0 Å². The average molecular weight is 540 g/mol. The minimum atomic E-state index is -0.913. The fourth-order valence-electron chi connectivity index (χ4n) is 5.11. The average Bonchev–Trinajstić information content (AvgIpc) is 3.46. The number of benzene rings is 3. The first-order chi connectivity index (χ1) is 18.3. The molecular weight excluding hydrogens is 515 g/mol. The molecule has 1 N–H and O–H groups in total. The predicted octanol–water partition coefficient (Wildman–Crippen LogP) is 5.59. The summed E-state index contributed by atoms with van der Waals surface area (Å²) in [7, 11) is 0. The van der Waals surface area contributed by atoms with E-state index in [2.05, 4.69) is 10.2 Å². The summed E-state index contributed by atoms with van der Waals surface area (Å²) >= 11 is 6.07. The van der Waals surface area contributed by atoms with E-state index in [-0.39, 0.29) is 16.5 Å². The van der Waals surface area contributed by atoms with Crippen LogP contribution in [0.3, 0.4) is 0 Å². The molecule has 2 aliphatic heterocycles. The van der Waals surface area contributed by atoms with Crippen molar-refractivity contribution in [2.24, 2.45) is 5.92 Å². The zero-order valence-corrected chi connectivity index (χ0v) is 21.1. The molecule has 38 heavy (non-hydrogen) atoms. The van der Waals surface area contributed by atoms with E-state index in [0.717, 1.165) is 23.3 Å². The molecule has 0 spiro atoms. The van der Waals surface area contributed by atoms with E-state index in [4.69, 9.17) is 11.6 Å². The van der Waals surface area contributed by atoms with E-state index in [9.17, 15) is 22.8 Å². The number of rotatable bonds is 7. The summed E-state index contributed by atoms with van der Waals surface area (Å²) in [5.74, 6) is -3.63. The van der Waals surface area contributed by atoms with Crippen LogP contribution >= 0.6 is 11.6 Å². The van der Waals surface area contributed by atoms with Crippen LogP contribution in [0.1, 0.15) is 38.7 Å². The van der Waals surface area contributed by atoms with Gasteiger partial charge in [-0.3, -0.25) is 14.5 Å². The zero-order valence-electron chi connectivity index (χ0n) is 20.3. The van der Waals surface area contributed by atoms with Crippen molar-refractivity contribution in [3.05, 3.63) is 118 Å². The first-order valence-electron chi connectivity index (χ1n) is 12.3. The van der Waals surface area contributed by atoms with Crippen molar-refractivity contribution in [3.8, 4) is 0 Å². The highest BCUT2D eigenvalue weighted by Crippen LogP contribution is 2.32. The van der Waals surface area contributed by atoms with Crippen LogP contribution in [0.4, 0.5) is 13.2 Å². The Morgan fingerprint density at radius 3 is 2.21 bits per heavy atom. The molecule has 2 heterocycles. The Kier molecular flexibility index (Phi) is 7.53. The second kappa shape index (κ2) is 11.0. The lowest BCUT2D eigenvalue weighted by molar-refractivity contribution is 0.0816. The number of nitrogens with one attached hydrogen (secondary N) is 1. The van der Waals surface area contributed by atoms with E-state index in [0.29, 0.717) is 32.6 Å². The largest absolute Gasteiger partial charge is 0.345 e. The van der Waals surface area contributed by atoms with Crippen molar-refractivity contribution in [1.82, 2.24) is 15.1 Å². The van der Waals surface area contributed by atoms with Crippen molar-refractivity contribution in [2.45, 2.75) is 12.5 Å². The van der Waals surface area contributed by atoms with Gasteiger partial charge in [0.1, 0.15) is 23.0 Å². The normalized spacial score (nSPS) is 17.7. The summed E-state index contributed by atoms with van der Waals surface area (Å²) < 4.78 is 42.6. The van der Waals surface area contributed by atoms with Crippen LogP contribution in [0.5, 0.6) is 0 Å². The number of carbonyl (C=O) groups excluding carboxylic acids is 2. The van der Waals surface area contributed by atoms with Crippen molar-refractivity contribution in [3.63, 3.8) is 0 Å². The number of nitrogens with zero attached hydrogens (tertiary/aromatic N) is 2. The smallest absolute Gasteiger partial charge is 0.262 e. The number of amides is 2. The molecule has 2 aliphatic rings. The van der Waals surface area contributed by atoms with Crippen LogP contribution in [-0.4, -0.2) is 47.8 Å². The Morgan fingerprint density at radius 2 is 1.55 bits per heavy atom. The summed E-state index contributed by atoms with van der Waals surface area (Å²) in [6, 6.07) is 16.3. The molecule has 1 fully saturated rings. The molecule has 2 amide bonds. The number of hydrogen-bond acceptors (Lipinski definition) is 3. The van der Waals surface area contributed by atoms with Gasteiger partial charge in [0.2, 0.25) is 0 Å². The summed E-state index contributed by atoms with van der Waals surface area (Å²) in [5, 5.41) is 2.88. The van der Waals surface area contributed by atoms with Crippen LogP contribution in [0.2, 0.25) is 5.02 Å². The number of carbonyl (C=O) groups is 2. The fourth-order valence-corrected chi connectivity index (χ4v) is 5.36. The highest BCUT2D eigenvalue weighted by atomic mass is 35.5. The van der Waals surface area contributed by atoms with Crippen LogP contribution in [0, 0.1) is 23.4 Å². The Balaban J connectivity index is 1.25. The lowest BCUT2D eigenvalue weighted by atomic mass is 10.0. The third-order valence-electron chi connectivity index (χ3n) is 7.02. The standard InChI is InChI=1S/C29H25ClF3N3O2/c30-21-8-4-9-22(31)26(21)29(38)36-16-19-14-35(15-20(19)17-36)13-12-25(18-6-2-1-3-7-18)34-28(37)27-23(32)10-5-11-24(27)33/h1-11,16,20,25H,12-15,17H2,(H,34,37)/t20?,25-/m0/s1. The third kappa shape index (κ3) is 5.33. The monoisotopic (exact) mass is 539 g/mol. The van der Waals surface area contributed by atoms with Gasteiger partial charge in [0.15, 0.2) is 0 Å². The van der Waals surface area contributed by atoms with Crippen molar-refractivity contribution in [2.75, 3.05) is 26.2 Å². The van der Waals surface area contributed by atoms with Gasteiger partial charge in [0.05, 0.1) is 16.6 Å². The van der Waals surface area contributed by atoms with Gasteiger partial charge in [0, 0.05) is 38.3 Å². The number of halogens is 4. The molecule has 3 aromatic carbocycles. The van der Waals surface area contributed by atoms with Gasteiger partial charge in [-0.15, -0.1) is 0 Å². The second-order valence-electron chi connectivity index (χ2n) is 9.51. The molecule has 2 atom stereocenters. The maximum absolute atomic E-state index is 14.2. The molecule has 3 aromatic rings. The number of fused-ring (bicyclic) bond motifs is 1. The van der Waals surface area contributed by atoms with Gasteiger partial charge >= 0.3 is 0 Å². The lowest BCUT2D eigenvalue weighted by Gasteiger charge is -2.24. The van der Waals surface area contributed by atoms with Crippen molar-refractivity contribution in [1.29, 1.82) is 0 Å². The van der Waals surface area contributed by atoms with E-state index in [1.807, 2.05) is 30.3 Å². The second-order valence-corrected chi connectivity index (χ2v) is 9.92. The van der Waals surface area contributed by atoms with E-state index in [1.165, 1.54) is 29.2 Å². The molecule has 9 heteroatoms. The van der Waals surface area contributed by atoms with Gasteiger partial charge in [-0.1, -0.05) is 54.1 Å². The molecular formula is C29H25ClF3N3O2. The molecule has 0 bridgehead atoms. The van der Waals surface area contributed by atoms with E-state index in [1.54, 1.807) is 6.20 Å². The van der Waals surface area contributed by atoms with Crippen molar-refractivity contribution < 1.29 is 22.8 Å². The topological polar surface area (TPSA) is 52.7 Å². The number of likely N-dealkylation sites (tertiary alicyclic amines) is 1. The summed E-state index contributed by atoms with van der Waals surface area (Å²) in [5.41, 5.74) is 1.17. The first-order valence-corrected chi connectivity index (χ1v) is 12.7. The SMILES string of the molecule is O=C(N[C@@H](CCN1CC2=CN(C(=O)c3c(F)cccc3Cl)CC2C1)c1ccccc1)c1c(F)cccc1F. The molecule has 0 aromatic heterocycles. The van der Waals surface area contributed by atoms with Gasteiger partial charge in [-0.25, -0.2) is 13.2 Å². The molecule has 1 unspecified atom stereocenters. The zero-order chi connectivity index (χ0) is 26.8. The Hall–Kier alpha value is -3.62. The molecule has 5 rings (SSSR count). The van der Waals surface area contributed by atoms with Gasteiger partial charge in [-0.2, -0.15) is 0 Å². The molecule has 5 nitrogen and oxygen atoms in total. The summed E-state index contributed by atoms with van der Waals surface area (Å²) in [6.07, 6.45) is 2.28. The fraction of sp³-hybridized carbons (Fsp3) is 0.241. The van der Waals surface area contributed by atoms with Gasteiger partial charge in [0.25, 0.3) is 11.8 Å². The summed E-state index contributed by atoms with van der Waals surface area (Å²) in [6.45, 7) is 2.36. The van der Waals surface area contributed by atoms with Gasteiger partial charge in [-0.05, 0) is 41.8 Å². The van der Waals surface area contributed by atoms with Crippen molar-refractivity contribution >= 4 is 23.4 Å². The minimum absolute atomic E-state index is 0.0800. The highest BCUT2D eigenvalue weighted by Gasteiger charge is 2.36. The Labute approximate surface area is 223 Å². The molecule has 0 saturated carbocycles. The van der Waals surface area contributed by atoms with Gasteiger partial charge < -0.3 is 10.2 Å². The maximum Gasteiger partial charge on any atom is 0.262 e. The van der Waals surface area contributed by atoms with E-state index >= 15 is 0 Å². The predicted molar refractivity (Wildman–Crippen MR) is 138 cm³/mol. The van der Waals surface area contributed by atoms with Crippen LogP contribution in [0.25, 0.3) is 0 Å². The van der Waals surface area contributed by atoms with Crippen LogP contribution < -0.4 is 5.32 Å².